The molecule has 0 unspecified atom stereocenters. The predicted octanol–water partition coefficient (Wildman–Crippen LogP) is 1.08. The number of ether oxygens (including phenoxy) is 1. The molecule has 0 aliphatic heterocycles. The van der Waals surface area contributed by atoms with Crippen LogP contribution >= 0.6 is 11.6 Å². The van der Waals surface area contributed by atoms with E-state index in [0.29, 0.717) is 16.9 Å². The van der Waals surface area contributed by atoms with E-state index in [1.165, 1.54) is 13.3 Å². The SMILES string of the molecule is COc1nnc(Cl)c2nccnc12. The second-order valence-electron chi connectivity index (χ2n) is 2.25. The van der Waals surface area contributed by atoms with Gasteiger partial charge in [0.05, 0.1) is 7.11 Å². The Kier molecular flexibility index (Phi) is 1.94. The molecular weight excluding hydrogens is 192 g/mol. The highest BCUT2D eigenvalue weighted by Gasteiger charge is 2.09. The Morgan fingerprint density at radius 3 is 2.54 bits per heavy atom. The van der Waals surface area contributed by atoms with Crippen LogP contribution in [0.15, 0.2) is 12.4 Å². The summed E-state index contributed by atoms with van der Waals surface area (Å²) in [7, 11) is 1.49. The highest BCUT2D eigenvalue weighted by atomic mass is 35.5. The highest BCUT2D eigenvalue weighted by Crippen LogP contribution is 2.22. The summed E-state index contributed by atoms with van der Waals surface area (Å²) >= 11 is 5.75. The van der Waals surface area contributed by atoms with Gasteiger partial charge in [0.25, 0.3) is 5.88 Å². The summed E-state index contributed by atoms with van der Waals surface area (Å²) in [5.41, 5.74) is 1.01. The molecule has 6 heteroatoms. The summed E-state index contributed by atoms with van der Waals surface area (Å²) < 4.78 is 4.95. The van der Waals surface area contributed by atoms with Crippen LogP contribution in [0.2, 0.25) is 5.15 Å². The maximum Gasteiger partial charge on any atom is 0.261 e. The molecule has 0 aromatic carbocycles. The molecule has 0 saturated heterocycles. The number of aromatic nitrogens is 4. The first-order valence-electron chi connectivity index (χ1n) is 3.50. The summed E-state index contributed by atoms with van der Waals surface area (Å²) in [6.07, 6.45) is 3.08. The van der Waals surface area contributed by atoms with Gasteiger partial charge in [0.2, 0.25) is 0 Å². The zero-order valence-corrected chi connectivity index (χ0v) is 7.49. The Balaban J connectivity index is 2.84. The number of methoxy groups -OCH3 is 1. The van der Waals surface area contributed by atoms with Gasteiger partial charge in [-0.05, 0) is 0 Å². The molecule has 5 nitrogen and oxygen atoms in total. The molecule has 0 N–H and O–H groups in total. The number of halogens is 1. The van der Waals surface area contributed by atoms with Crippen LogP contribution in [-0.4, -0.2) is 27.3 Å². The molecule has 0 bridgehead atoms. The van der Waals surface area contributed by atoms with Gasteiger partial charge in [-0.1, -0.05) is 11.6 Å². The fourth-order valence-corrected chi connectivity index (χ4v) is 1.14. The lowest BCUT2D eigenvalue weighted by molar-refractivity contribution is 0.396. The number of nitrogens with zero attached hydrogens (tertiary/aromatic N) is 4. The molecule has 0 aliphatic rings. The molecule has 2 rings (SSSR count). The fourth-order valence-electron chi connectivity index (χ4n) is 0.967. The smallest absolute Gasteiger partial charge is 0.261 e. The number of rotatable bonds is 1. The van der Waals surface area contributed by atoms with E-state index in [-0.39, 0.29) is 5.15 Å². The third kappa shape index (κ3) is 1.27. The zero-order valence-electron chi connectivity index (χ0n) is 6.73. The summed E-state index contributed by atoms with van der Waals surface area (Å²) in [6, 6.07) is 0. The van der Waals surface area contributed by atoms with Crippen molar-refractivity contribution in [2.24, 2.45) is 0 Å². The summed E-state index contributed by atoms with van der Waals surface area (Å²) in [6.45, 7) is 0. The minimum Gasteiger partial charge on any atom is -0.478 e. The van der Waals surface area contributed by atoms with E-state index in [1.807, 2.05) is 0 Å². The van der Waals surface area contributed by atoms with Crippen LogP contribution in [0.3, 0.4) is 0 Å². The lowest BCUT2D eigenvalue weighted by Crippen LogP contribution is -1.95. The van der Waals surface area contributed by atoms with E-state index in [1.54, 1.807) is 6.20 Å². The number of hydrogen-bond donors (Lipinski definition) is 0. The maximum atomic E-state index is 5.75. The van der Waals surface area contributed by atoms with Gasteiger partial charge in [-0.2, -0.15) is 0 Å². The molecule has 0 atom stereocenters. The molecule has 0 spiro atoms. The second-order valence-corrected chi connectivity index (χ2v) is 2.61. The van der Waals surface area contributed by atoms with Crippen molar-refractivity contribution in [1.82, 2.24) is 20.2 Å². The van der Waals surface area contributed by atoms with Gasteiger partial charge in [-0.25, -0.2) is 9.97 Å². The lowest BCUT2D eigenvalue weighted by Gasteiger charge is -2.01. The first-order chi connectivity index (χ1) is 6.33. The average molecular weight is 197 g/mol. The van der Waals surface area contributed by atoms with E-state index in [0.717, 1.165) is 0 Å². The van der Waals surface area contributed by atoms with Crippen LogP contribution in [0.1, 0.15) is 0 Å². The van der Waals surface area contributed by atoms with Crippen molar-refractivity contribution in [3.05, 3.63) is 17.5 Å². The third-order valence-electron chi connectivity index (χ3n) is 1.52. The molecule has 2 aromatic heterocycles. The van der Waals surface area contributed by atoms with Crippen LogP contribution in [0, 0.1) is 0 Å². The summed E-state index contributed by atoms with van der Waals surface area (Å²) in [4.78, 5) is 8.05. The fraction of sp³-hybridized carbons (Fsp3) is 0.143. The minimum atomic E-state index is 0.226. The van der Waals surface area contributed by atoms with Crippen LogP contribution in [-0.2, 0) is 0 Å². The lowest BCUT2D eigenvalue weighted by atomic mass is 10.4. The van der Waals surface area contributed by atoms with Gasteiger partial charge in [-0.3, -0.25) is 0 Å². The van der Waals surface area contributed by atoms with Crippen molar-refractivity contribution < 1.29 is 4.74 Å². The zero-order chi connectivity index (χ0) is 9.26. The highest BCUT2D eigenvalue weighted by molar-refractivity contribution is 6.33. The summed E-state index contributed by atoms with van der Waals surface area (Å²) in [5.74, 6) is 0.326. The first-order valence-corrected chi connectivity index (χ1v) is 3.87. The van der Waals surface area contributed by atoms with Gasteiger partial charge >= 0.3 is 0 Å². The Hall–Kier alpha value is -1.49. The van der Waals surface area contributed by atoms with Crippen molar-refractivity contribution in [2.45, 2.75) is 0 Å². The van der Waals surface area contributed by atoms with Crippen molar-refractivity contribution >= 4 is 22.6 Å². The third-order valence-corrected chi connectivity index (χ3v) is 1.77. The van der Waals surface area contributed by atoms with E-state index >= 15 is 0 Å². The van der Waals surface area contributed by atoms with E-state index in [4.69, 9.17) is 16.3 Å². The van der Waals surface area contributed by atoms with Crippen LogP contribution in [0.5, 0.6) is 5.88 Å². The van der Waals surface area contributed by atoms with Gasteiger partial charge in [-0.15, -0.1) is 10.2 Å². The maximum absolute atomic E-state index is 5.75. The largest absolute Gasteiger partial charge is 0.478 e. The Morgan fingerprint density at radius 2 is 1.85 bits per heavy atom. The monoisotopic (exact) mass is 196 g/mol. The Bertz CT molecular complexity index is 447. The molecule has 2 aromatic rings. The molecule has 13 heavy (non-hydrogen) atoms. The van der Waals surface area contributed by atoms with E-state index in [2.05, 4.69) is 20.2 Å². The summed E-state index contributed by atoms with van der Waals surface area (Å²) in [5, 5.41) is 7.61. The normalized spacial score (nSPS) is 10.3. The Morgan fingerprint density at radius 1 is 1.15 bits per heavy atom. The van der Waals surface area contributed by atoms with Gasteiger partial charge in [0.15, 0.2) is 10.7 Å². The van der Waals surface area contributed by atoms with Gasteiger partial charge in [0.1, 0.15) is 5.52 Å². The van der Waals surface area contributed by atoms with Gasteiger partial charge < -0.3 is 4.74 Å². The molecule has 0 saturated carbocycles. The molecule has 0 fully saturated rings. The predicted molar refractivity (Wildman–Crippen MR) is 46.7 cm³/mol. The van der Waals surface area contributed by atoms with Crippen LogP contribution in [0.25, 0.3) is 11.0 Å². The van der Waals surface area contributed by atoms with Crippen LogP contribution in [0.4, 0.5) is 0 Å². The topological polar surface area (TPSA) is 60.8 Å². The second kappa shape index (κ2) is 3.10. The quantitative estimate of drug-likeness (QED) is 0.683. The van der Waals surface area contributed by atoms with Crippen molar-refractivity contribution in [3.63, 3.8) is 0 Å². The Labute approximate surface area is 78.7 Å². The van der Waals surface area contributed by atoms with Gasteiger partial charge in [0, 0.05) is 12.4 Å². The van der Waals surface area contributed by atoms with Crippen molar-refractivity contribution in [3.8, 4) is 5.88 Å². The minimum absolute atomic E-state index is 0.226. The van der Waals surface area contributed by atoms with Crippen molar-refractivity contribution in [1.29, 1.82) is 0 Å². The molecule has 66 valence electrons. The molecule has 0 aliphatic carbocycles. The van der Waals surface area contributed by atoms with Crippen LogP contribution < -0.4 is 4.74 Å². The molecular formula is C7H5ClN4O. The molecule has 2 heterocycles. The average Bonchev–Trinajstić information content (AvgIpc) is 2.19. The molecule has 0 amide bonds. The molecule has 0 radical (unpaired) electrons. The number of fused-ring (bicyclic) bond motifs is 1. The van der Waals surface area contributed by atoms with E-state index in [9.17, 15) is 0 Å². The van der Waals surface area contributed by atoms with Crippen molar-refractivity contribution in [2.75, 3.05) is 7.11 Å². The standard InChI is InChI=1S/C7H5ClN4O/c1-13-7-5-4(6(8)11-12-7)9-2-3-10-5/h2-3H,1H3. The first kappa shape index (κ1) is 8.12. The number of hydrogen-bond acceptors (Lipinski definition) is 5. The van der Waals surface area contributed by atoms with E-state index < -0.39 is 0 Å².